The third-order valence-corrected chi connectivity index (χ3v) is 5.36. The predicted octanol–water partition coefficient (Wildman–Crippen LogP) is 1.89. The summed E-state index contributed by atoms with van der Waals surface area (Å²) in [7, 11) is 0. The maximum atomic E-state index is 12.7. The zero-order valence-electron chi connectivity index (χ0n) is 15.2. The third-order valence-electron chi connectivity index (χ3n) is 5.36. The molecule has 6 nitrogen and oxygen atoms in total. The van der Waals surface area contributed by atoms with E-state index in [4.69, 9.17) is 4.52 Å². The van der Waals surface area contributed by atoms with Crippen molar-refractivity contribution >= 4 is 5.91 Å². The minimum absolute atomic E-state index is 0.300. The Balaban J connectivity index is 1.45. The third kappa shape index (κ3) is 4.16. The van der Waals surface area contributed by atoms with Crippen LogP contribution >= 0.6 is 0 Å². The molecule has 1 amide bonds. The van der Waals surface area contributed by atoms with Gasteiger partial charge in [-0.3, -0.25) is 14.6 Å². The van der Waals surface area contributed by atoms with Gasteiger partial charge in [0.15, 0.2) is 5.76 Å². The second-order valence-corrected chi connectivity index (χ2v) is 7.42. The summed E-state index contributed by atoms with van der Waals surface area (Å²) in [5.41, 5.74) is 0.930. The number of aromatic nitrogens is 1. The molecule has 0 radical (unpaired) electrons. The number of carbonyl (C=O) groups excluding carboxylic acids is 1. The first kappa shape index (κ1) is 17.4. The first-order chi connectivity index (χ1) is 11.5. The van der Waals surface area contributed by atoms with E-state index in [9.17, 15) is 4.79 Å². The number of likely N-dealkylation sites (tertiary alicyclic amines) is 1. The number of piperidine rings is 1. The Kier molecular flexibility index (Phi) is 5.56. The number of nitrogens with zero attached hydrogens (tertiary/aromatic N) is 4. The summed E-state index contributed by atoms with van der Waals surface area (Å²) in [6, 6.07) is 2.77. The maximum absolute atomic E-state index is 12.7. The van der Waals surface area contributed by atoms with E-state index in [1.807, 2.05) is 13.0 Å². The zero-order valence-corrected chi connectivity index (χ0v) is 15.2. The summed E-state index contributed by atoms with van der Waals surface area (Å²) in [6.45, 7) is 11.5. The van der Waals surface area contributed by atoms with Crippen LogP contribution in [0.1, 0.15) is 44.6 Å². The molecule has 2 atom stereocenters. The molecule has 2 aliphatic rings. The van der Waals surface area contributed by atoms with Gasteiger partial charge in [-0.2, -0.15) is 0 Å². The SMILES string of the molecule is Cc1cc(CN2CCN(CC(=O)N3C(C)CCCC3C)CC2)on1. The molecule has 1 aromatic rings. The summed E-state index contributed by atoms with van der Waals surface area (Å²) in [5.74, 6) is 1.22. The molecule has 3 heterocycles. The molecule has 0 saturated carbocycles. The standard InChI is InChI=1S/C18H30N4O2/c1-14-11-17(24-19-14)12-20-7-9-21(10-8-20)13-18(23)22-15(2)5-4-6-16(22)3/h11,15-16H,4-10,12-13H2,1-3H3. The quantitative estimate of drug-likeness (QED) is 0.842. The van der Waals surface area contributed by atoms with E-state index in [0.29, 0.717) is 24.5 Å². The van der Waals surface area contributed by atoms with Gasteiger partial charge in [0.2, 0.25) is 5.91 Å². The van der Waals surface area contributed by atoms with Gasteiger partial charge in [0.1, 0.15) is 0 Å². The molecule has 24 heavy (non-hydrogen) atoms. The highest BCUT2D eigenvalue weighted by Gasteiger charge is 2.30. The van der Waals surface area contributed by atoms with Crippen molar-refractivity contribution in [1.29, 1.82) is 0 Å². The van der Waals surface area contributed by atoms with Crippen molar-refractivity contribution in [3.8, 4) is 0 Å². The smallest absolute Gasteiger partial charge is 0.237 e. The van der Waals surface area contributed by atoms with Gasteiger partial charge in [-0.1, -0.05) is 5.16 Å². The number of hydrogen-bond donors (Lipinski definition) is 0. The highest BCUT2D eigenvalue weighted by molar-refractivity contribution is 5.79. The molecule has 134 valence electrons. The maximum Gasteiger partial charge on any atom is 0.237 e. The molecule has 0 N–H and O–H groups in total. The monoisotopic (exact) mass is 334 g/mol. The Bertz CT molecular complexity index is 541. The van der Waals surface area contributed by atoms with Crippen LogP contribution < -0.4 is 0 Å². The number of amides is 1. The Hall–Kier alpha value is -1.40. The van der Waals surface area contributed by atoms with Crippen molar-refractivity contribution in [3.05, 3.63) is 17.5 Å². The summed E-state index contributed by atoms with van der Waals surface area (Å²) < 4.78 is 5.30. The highest BCUT2D eigenvalue weighted by Crippen LogP contribution is 2.22. The van der Waals surface area contributed by atoms with Crippen molar-refractivity contribution in [2.75, 3.05) is 32.7 Å². The van der Waals surface area contributed by atoms with Gasteiger partial charge in [-0.05, 0) is 40.0 Å². The van der Waals surface area contributed by atoms with Gasteiger partial charge in [0.05, 0.1) is 18.8 Å². The van der Waals surface area contributed by atoms with Gasteiger partial charge in [0.25, 0.3) is 0 Å². The van der Waals surface area contributed by atoms with Crippen molar-refractivity contribution in [3.63, 3.8) is 0 Å². The number of hydrogen-bond acceptors (Lipinski definition) is 5. The number of carbonyl (C=O) groups is 1. The Morgan fingerprint density at radius 2 is 1.79 bits per heavy atom. The second-order valence-electron chi connectivity index (χ2n) is 7.42. The van der Waals surface area contributed by atoms with Crippen LogP contribution in [0.5, 0.6) is 0 Å². The van der Waals surface area contributed by atoms with Crippen molar-refractivity contribution in [1.82, 2.24) is 19.9 Å². The molecular weight excluding hydrogens is 304 g/mol. The van der Waals surface area contributed by atoms with E-state index < -0.39 is 0 Å². The summed E-state index contributed by atoms with van der Waals surface area (Å²) in [6.07, 6.45) is 3.52. The second kappa shape index (κ2) is 7.66. The molecule has 0 aliphatic carbocycles. The molecule has 6 heteroatoms. The molecule has 2 saturated heterocycles. The fourth-order valence-corrected chi connectivity index (χ4v) is 4.00. The lowest BCUT2D eigenvalue weighted by molar-refractivity contribution is -0.139. The van der Waals surface area contributed by atoms with E-state index >= 15 is 0 Å². The molecule has 2 aliphatic heterocycles. The predicted molar refractivity (Wildman–Crippen MR) is 92.6 cm³/mol. The molecular formula is C18H30N4O2. The largest absolute Gasteiger partial charge is 0.360 e. The summed E-state index contributed by atoms with van der Waals surface area (Å²) in [4.78, 5) is 19.5. The Morgan fingerprint density at radius 3 is 2.38 bits per heavy atom. The fourth-order valence-electron chi connectivity index (χ4n) is 4.00. The average molecular weight is 334 g/mol. The van der Waals surface area contributed by atoms with E-state index in [-0.39, 0.29) is 0 Å². The molecule has 3 rings (SSSR count). The van der Waals surface area contributed by atoms with Gasteiger partial charge in [0, 0.05) is 44.3 Å². The van der Waals surface area contributed by atoms with E-state index in [1.54, 1.807) is 0 Å². The van der Waals surface area contributed by atoms with Crippen LogP contribution in [-0.2, 0) is 11.3 Å². The van der Waals surface area contributed by atoms with Gasteiger partial charge >= 0.3 is 0 Å². The zero-order chi connectivity index (χ0) is 17.1. The van der Waals surface area contributed by atoms with Crippen LogP contribution in [0.25, 0.3) is 0 Å². The average Bonchev–Trinajstić information content (AvgIpc) is 2.94. The number of aryl methyl sites for hydroxylation is 1. The van der Waals surface area contributed by atoms with Crippen LogP contribution in [0.4, 0.5) is 0 Å². The van der Waals surface area contributed by atoms with Gasteiger partial charge in [-0.25, -0.2) is 0 Å². The van der Waals surface area contributed by atoms with Crippen LogP contribution in [0.2, 0.25) is 0 Å². The Labute approximate surface area is 144 Å². The van der Waals surface area contributed by atoms with Crippen LogP contribution in [0.15, 0.2) is 10.6 Å². The molecule has 2 fully saturated rings. The van der Waals surface area contributed by atoms with Crippen LogP contribution in [0, 0.1) is 6.92 Å². The lowest BCUT2D eigenvalue weighted by Crippen LogP contribution is -2.54. The van der Waals surface area contributed by atoms with E-state index in [2.05, 4.69) is 33.7 Å². The normalized spacial score (nSPS) is 26.7. The summed E-state index contributed by atoms with van der Waals surface area (Å²) >= 11 is 0. The minimum atomic E-state index is 0.300. The summed E-state index contributed by atoms with van der Waals surface area (Å²) in [5, 5.41) is 3.94. The van der Waals surface area contributed by atoms with Gasteiger partial charge in [-0.15, -0.1) is 0 Å². The minimum Gasteiger partial charge on any atom is -0.360 e. The fraction of sp³-hybridized carbons (Fsp3) is 0.778. The molecule has 0 bridgehead atoms. The lowest BCUT2D eigenvalue weighted by atomic mass is 9.97. The molecule has 0 spiro atoms. The van der Waals surface area contributed by atoms with Crippen molar-refractivity contribution in [2.24, 2.45) is 0 Å². The first-order valence-electron chi connectivity index (χ1n) is 9.21. The van der Waals surface area contributed by atoms with Gasteiger partial charge < -0.3 is 9.42 Å². The van der Waals surface area contributed by atoms with Crippen molar-refractivity contribution in [2.45, 2.75) is 58.7 Å². The number of piperazine rings is 1. The Morgan fingerprint density at radius 1 is 1.17 bits per heavy atom. The van der Waals surface area contributed by atoms with Crippen LogP contribution in [0.3, 0.4) is 0 Å². The number of rotatable bonds is 4. The topological polar surface area (TPSA) is 52.8 Å². The lowest BCUT2D eigenvalue weighted by Gasteiger charge is -2.41. The first-order valence-corrected chi connectivity index (χ1v) is 9.21. The van der Waals surface area contributed by atoms with E-state index in [0.717, 1.165) is 57.0 Å². The molecule has 0 aromatic carbocycles. The highest BCUT2D eigenvalue weighted by atomic mass is 16.5. The molecule has 2 unspecified atom stereocenters. The van der Waals surface area contributed by atoms with Crippen molar-refractivity contribution < 1.29 is 9.32 Å². The van der Waals surface area contributed by atoms with Crippen LogP contribution in [-0.4, -0.2) is 70.6 Å². The molecule has 1 aromatic heterocycles. The van der Waals surface area contributed by atoms with E-state index in [1.165, 1.54) is 6.42 Å².